The fraction of sp³-hybridized carbons (Fsp3) is 0.579. The van der Waals surface area contributed by atoms with Gasteiger partial charge in [0.2, 0.25) is 5.91 Å². The molecule has 1 saturated heterocycles. The molecule has 2 atom stereocenters. The van der Waals surface area contributed by atoms with E-state index < -0.39 is 29.0 Å². The van der Waals surface area contributed by atoms with Crippen LogP contribution in [0.15, 0.2) is 24.3 Å². The lowest BCUT2D eigenvalue weighted by atomic mass is 9.77. The van der Waals surface area contributed by atoms with Crippen molar-refractivity contribution in [3.63, 3.8) is 0 Å². The van der Waals surface area contributed by atoms with Crippen molar-refractivity contribution in [3.05, 3.63) is 35.4 Å². The van der Waals surface area contributed by atoms with Crippen LogP contribution in [0.5, 0.6) is 0 Å². The van der Waals surface area contributed by atoms with Crippen molar-refractivity contribution in [2.75, 3.05) is 13.1 Å². The molecule has 3 rings (SSSR count). The summed E-state index contributed by atoms with van der Waals surface area (Å²) < 4.78 is 39.3. The lowest BCUT2D eigenvalue weighted by molar-refractivity contribution is -0.143. The molecule has 1 aromatic carbocycles. The first-order valence-corrected chi connectivity index (χ1v) is 8.85. The smallest absolute Gasteiger partial charge is 0.416 e. The average molecular weight is 369 g/mol. The van der Waals surface area contributed by atoms with Gasteiger partial charge in [-0.1, -0.05) is 38.0 Å². The van der Waals surface area contributed by atoms with Gasteiger partial charge in [-0.05, 0) is 30.4 Å². The Bertz CT molecular complexity index is 710. The van der Waals surface area contributed by atoms with E-state index in [1.54, 1.807) is 13.0 Å². The Morgan fingerprint density at radius 3 is 2.38 bits per heavy atom. The molecule has 0 unspecified atom stereocenters. The monoisotopic (exact) mass is 369 g/mol. The number of alkyl halides is 3. The molecular weight excluding hydrogens is 347 g/mol. The average Bonchev–Trinajstić information content (AvgIpc) is 3.21. The number of aliphatic carboxylic acids is 1. The van der Waals surface area contributed by atoms with Gasteiger partial charge in [0.15, 0.2) is 0 Å². The number of carbonyl (C=O) groups is 2. The van der Waals surface area contributed by atoms with Crippen molar-refractivity contribution in [1.29, 1.82) is 0 Å². The van der Waals surface area contributed by atoms with Crippen molar-refractivity contribution in [1.82, 2.24) is 4.90 Å². The predicted octanol–water partition coefficient (Wildman–Crippen LogP) is 3.70. The van der Waals surface area contributed by atoms with Gasteiger partial charge in [-0.15, -0.1) is 0 Å². The highest BCUT2D eigenvalue weighted by Crippen LogP contribution is 2.45. The predicted molar refractivity (Wildman–Crippen MR) is 88.5 cm³/mol. The number of amides is 1. The van der Waals surface area contributed by atoms with Crippen molar-refractivity contribution in [2.45, 2.75) is 44.2 Å². The Balaban J connectivity index is 1.94. The number of hydrogen-bond acceptors (Lipinski definition) is 2. The number of hydrogen-bond donors (Lipinski definition) is 1. The van der Waals surface area contributed by atoms with Gasteiger partial charge in [0.05, 0.1) is 16.9 Å². The van der Waals surface area contributed by atoms with Crippen molar-refractivity contribution >= 4 is 11.9 Å². The quantitative estimate of drug-likeness (QED) is 0.884. The Hall–Kier alpha value is -2.05. The van der Waals surface area contributed by atoms with Crippen LogP contribution in [0.3, 0.4) is 0 Å². The van der Waals surface area contributed by atoms with Crippen molar-refractivity contribution in [3.8, 4) is 0 Å². The minimum Gasteiger partial charge on any atom is -0.481 e. The molecule has 7 heteroatoms. The Labute approximate surface area is 150 Å². The Kier molecular flexibility index (Phi) is 4.75. The first-order chi connectivity index (χ1) is 12.1. The zero-order valence-corrected chi connectivity index (χ0v) is 14.6. The normalized spacial score (nSPS) is 25.5. The summed E-state index contributed by atoms with van der Waals surface area (Å²) in [5, 5.41) is 9.29. The summed E-state index contributed by atoms with van der Waals surface area (Å²) in [5.74, 6) is -1.97. The highest BCUT2D eigenvalue weighted by molar-refractivity contribution is 5.89. The van der Waals surface area contributed by atoms with Gasteiger partial charge in [-0.3, -0.25) is 9.59 Å². The maximum atomic E-state index is 13.3. The minimum absolute atomic E-state index is 0.121. The van der Waals surface area contributed by atoms with E-state index in [9.17, 15) is 27.9 Å². The molecule has 26 heavy (non-hydrogen) atoms. The summed E-state index contributed by atoms with van der Waals surface area (Å²) in [6.45, 7) is 2.24. The summed E-state index contributed by atoms with van der Waals surface area (Å²) in [5.41, 5.74) is -1.34. The molecule has 1 heterocycles. The molecule has 0 spiro atoms. The lowest BCUT2D eigenvalue weighted by Gasteiger charge is -2.33. The first-order valence-electron chi connectivity index (χ1n) is 8.85. The van der Waals surface area contributed by atoms with Crippen LogP contribution in [0.1, 0.15) is 43.7 Å². The van der Waals surface area contributed by atoms with Crippen molar-refractivity contribution in [2.24, 2.45) is 11.8 Å². The molecule has 0 bridgehead atoms. The van der Waals surface area contributed by atoms with Crippen LogP contribution in [0.2, 0.25) is 0 Å². The number of halogens is 3. The van der Waals surface area contributed by atoms with E-state index in [0.717, 1.165) is 25.0 Å². The Morgan fingerprint density at radius 1 is 1.19 bits per heavy atom. The summed E-state index contributed by atoms with van der Waals surface area (Å²) in [4.78, 5) is 26.2. The van der Waals surface area contributed by atoms with Crippen LogP contribution in [-0.2, 0) is 21.2 Å². The maximum Gasteiger partial charge on any atom is 0.416 e. The molecule has 2 fully saturated rings. The maximum absolute atomic E-state index is 13.3. The molecule has 1 amide bonds. The van der Waals surface area contributed by atoms with E-state index in [0.29, 0.717) is 24.9 Å². The van der Waals surface area contributed by atoms with Crippen LogP contribution in [0, 0.1) is 11.8 Å². The first kappa shape index (κ1) is 18.7. The second kappa shape index (κ2) is 6.59. The molecule has 4 nitrogen and oxygen atoms in total. The number of carboxylic acids is 1. The van der Waals surface area contributed by atoms with Gasteiger partial charge in [0.25, 0.3) is 0 Å². The van der Waals surface area contributed by atoms with E-state index >= 15 is 0 Å². The fourth-order valence-electron chi connectivity index (χ4n) is 4.35. The molecule has 0 radical (unpaired) electrons. The standard InChI is InChI=1S/C19H22F3NO3/c1-12-10-23(11-15(12)16(24)25)17(26)18(7-2-3-8-18)13-5-4-6-14(9-13)19(20,21)22/h4-6,9,12,15H,2-3,7-8,10-11H2,1H3,(H,24,25)/t12-,15-/m1/s1. The summed E-state index contributed by atoms with van der Waals surface area (Å²) in [7, 11) is 0. The van der Waals surface area contributed by atoms with Gasteiger partial charge < -0.3 is 10.0 Å². The number of benzene rings is 1. The topological polar surface area (TPSA) is 57.6 Å². The van der Waals surface area contributed by atoms with E-state index in [2.05, 4.69) is 0 Å². The second-order valence-corrected chi connectivity index (χ2v) is 7.50. The van der Waals surface area contributed by atoms with Crippen LogP contribution >= 0.6 is 0 Å². The van der Waals surface area contributed by atoms with Gasteiger partial charge in [0.1, 0.15) is 0 Å². The molecule has 1 aliphatic heterocycles. The van der Waals surface area contributed by atoms with E-state index in [-0.39, 0.29) is 18.4 Å². The third-order valence-electron chi connectivity index (χ3n) is 5.83. The number of carbonyl (C=O) groups excluding carboxylic acids is 1. The molecule has 142 valence electrons. The number of likely N-dealkylation sites (tertiary alicyclic amines) is 1. The van der Waals surface area contributed by atoms with Crippen LogP contribution in [0.4, 0.5) is 13.2 Å². The molecule has 0 aromatic heterocycles. The van der Waals surface area contributed by atoms with Gasteiger partial charge >= 0.3 is 12.1 Å². The minimum atomic E-state index is -4.46. The van der Waals surface area contributed by atoms with Crippen LogP contribution in [-0.4, -0.2) is 35.0 Å². The third-order valence-corrected chi connectivity index (χ3v) is 5.83. The molecule has 2 aliphatic rings. The zero-order valence-electron chi connectivity index (χ0n) is 14.6. The van der Waals surface area contributed by atoms with Gasteiger partial charge in [-0.2, -0.15) is 13.2 Å². The van der Waals surface area contributed by atoms with Crippen LogP contribution < -0.4 is 0 Å². The molecule has 1 aliphatic carbocycles. The summed E-state index contributed by atoms with van der Waals surface area (Å²) in [6, 6.07) is 5.03. The number of rotatable bonds is 3. The third kappa shape index (κ3) is 3.19. The second-order valence-electron chi connectivity index (χ2n) is 7.50. The van der Waals surface area contributed by atoms with E-state index in [1.807, 2.05) is 0 Å². The highest BCUT2D eigenvalue weighted by atomic mass is 19.4. The molecule has 1 aromatic rings. The van der Waals surface area contributed by atoms with Gasteiger partial charge in [0, 0.05) is 13.1 Å². The van der Waals surface area contributed by atoms with E-state index in [1.165, 1.54) is 11.0 Å². The highest BCUT2D eigenvalue weighted by Gasteiger charge is 2.48. The SMILES string of the molecule is C[C@@H]1CN(C(=O)C2(c3cccc(C(F)(F)F)c3)CCCC2)C[C@H]1C(=O)O. The van der Waals surface area contributed by atoms with E-state index in [4.69, 9.17) is 0 Å². The summed E-state index contributed by atoms with van der Waals surface area (Å²) in [6.07, 6.45) is -1.93. The molecule has 1 saturated carbocycles. The van der Waals surface area contributed by atoms with Crippen molar-refractivity contribution < 1.29 is 27.9 Å². The number of carboxylic acid groups (broad SMARTS) is 1. The zero-order chi connectivity index (χ0) is 19.1. The molecule has 1 N–H and O–H groups in total. The van der Waals surface area contributed by atoms with Gasteiger partial charge in [-0.25, -0.2) is 0 Å². The largest absolute Gasteiger partial charge is 0.481 e. The molecular formula is C19H22F3NO3. The lowest BCUT2D eigenvalue weighted by Crippen LogP contribution is -2.45. The number of nitrogens with zero attached hydrogens (tertiary/aromatic N) is 1. The van der Waals surface area contributed by atoms with Crippen LogP contribution in [0.25, 0.3) is 0 Å². The Morgan fingerprint density at radius 2 is 1.85 bits per heavy atom. The fourth-order valence-corrected chi connectivity index (χ4v) is 4.35. The summed E-state index contributed by atoms with van der Waals surface area (Å²) >= 11 is 0.